The van der Waals surface area contributed by atoms with E-state index in [0.29, 0.717) is 12.6 Å². The lowest BCUT2D eigenvalue weighted by Crippen LogP contribution is -2.46. The second kappa shape index (κ2) is 7.94. The first-order chi connectivity index (χ1) is 9.83. The molecule has 1 fully saturated rings. The minimum absolute atomic E-state index is 0.597. The highest BCUT2D eigenvalue weighted by Gasteiger charge is 2.20. The van der Waals surface area contributed by atoms with Crippen molar-refractivity contribution < 1.29 is 4.42 Å². The van der Waals surface area contributed by atoms with Crippen LogP contribution in [0.2, 0.25) is 0 Å². The lowest BCUT2D eigenvalue weighted by atomic mass is 10.2. The molecule has 0 bridgehead atoms. The largest absolute Gasteiger partial charge is 0.467 e. The monoisotopic (exact) mass is 278 g/mol. The lowest BCUT2D eigenvalue weighted by Gasteiger charge is -2.27. The van der Waals surface area contributed by atoms with Gasteiger partial charge in [0.05, 0.1) is 12.8 Å². The second-order valence-corrected chi connectivity index (χ2v) is 5.19. The summed E-state index contributed by atoms with van der Waals surface area (Å²) in [5.41, 5.74) is 0. The summed E-state index contributed by atoms with van der Waals surface area (Å²) in [7, 11) is 1.80. The van der Waals surface area contributed by atoms with E-state index in [4.69, 9.17) is 4.42 Å². The van der Waals surface area contributed by atoms with Gasteiger partial charge < -0.3 is 15.1 Å². The van der Waals surface area contributed by atoms with Gasteiger partial charge in [-0.2, -0.15) is 0 Å². The smallest absolute Gasteiger partial charge is 0.191 e. The Morgan fingerprint density at radius 2 is 2.20 bits per heavy atom. The number of nitrogens with zero attached hydrogens (tertiary/aromatic N) is 2. The normalized spacial score (nSPS) is 18.2. The van der Waals surface area contributed by atoms with Gasteiger partial charge in [-0.15, -0.1) is 0 Å². The third-order valence-corrected chi connectivity index (χ3v) is 3.87. The zero-order chi connectivity index (χ0) is 14.2. The van der Waals surface area contributed by atoms with Gasteiger partial charge in [-0.05, 0) is 44.5 Å². The van der Waals surface area contributed by atoms with Crippen LogP contribution in [-0.2, 0) is 6.54 Å². The SMILES string of the molecule is CCC(CNC(=NC)NCc1ccco1)N1CCCC1. The lowest BCUT2D eigenvalue weighted by molar-refractivity contribution is 0.236. The Hall–Kier alpha value is -1.49. The maximum atomic E-state index is 5.30. The molecule has 112 valence electrons. The van der Waals surface area contributed by atoms with E-state index in [-0.39, 0.29) is 0 Å². The molecule has 1 aromatic rings. The predicted molar refractivity (Wildman–Crippen MR) is 81.8 cm³/mol. The molecule has 5 nitrogen and oxygen atoms in total. The van der Waals surface area contributed by atoms with Crippen LogP contribution >= 0.6 is 0 Å². The molecular weight excluding hydrogens is 252 g/mol. The van der Waals surface area contributed by atoms with Gasteiger partial charge in [0.15, 0.2) is 5.96 Å². The summed E-state index contributed by atoms with van der Waals surface area (Å²) < 4.78 is 5.30. The van der Waals surface area contributed by atoms with Crippen LogP contribution in [0.3, 0.4) is 0 Å². The van der Waals surface area contributed by atoms with E-state index in [1.54, 1.807) is 13.3 Å². The molecule has 2 rings (SSSR count). The number of furan rings is 1. The van der Waals surface area contributed by atoms with E-state index < -0.39 is 0 Å². The molecule has 0 spiro atoms. The Bertz CT molecular complexity index is 396. The van der Waals surface area contributed by atoms with E-state index in [1.807, 2.05) is 12.1 Å². The average Bonchev–Trinajstić information content (AvgIpc) is 3.15. The quantitative estimate of drug-likeness (QED) is 0.615. The summed E-state index contributed by atoms with van der Waals surface area (Å²) in [6.45, 7) is 6.32. The number of rotatable bonds is 6. The van der Waals surface area contributed by atoms with Crippen molar-refractivity contribution in [1.29, 1.82) is 0 Å². The Morgan fingerprint density at radius 1 is 1.40 bits per heavy atom. The molecule has 1 atom stereocenters. The van der Waals surface area contributed by atoms with Crippen LogP contribution in [0, 0.1) is 0 Å². The predicted octanol–water partition coefficient (Wildman–Crippen LogP) is 1.82. The first kappa shape index (κ1) is 14.9. The van der Waals surface area contributed by atoms with Crippen molar-refractivity contribution in [2.45, 2.75) is 38.8 Å². The second-order valence-electron chi connectivity index (χ2n) is 5.19. The fourth-order valence-electron chi connectivity index (χ4n) is 2.66. The molecule has 0 aromatic carbocycles. The van der Waals surface area contributed by atoms with Crippen LogP contribution in [0.25, 0.3) is 0 Å². The number of guanidine groups is 1. The van der Waals surface area contributed by atoms with Crippen LogP contribution in [0.15, 0.2) is 27.8 Å². The van der Waals surface area contributed by atoms with Gasteiger partial charge in [-0.1, -0.05) is 6.92 Å². The number of hydrogen-bond acceptors (Lipinski definition) is 3. The van der Waals surface area contributed by atoms with Gasteiger partial charge in [0.1, 0.15) is 5.76 Å². The summed E-state index contributed by atoms with van der Waals surface area (Å²) in [5.74, 6) is 1.75. The molecule has 20 heavy (non-hydrogen) atoms. The average molecular weight is 278 g/mol. The molecule has 1 aliphatic heterocycles. The van der Waals surface area contributed by atoms with E-state index in [2.05, 4.69) is 27.4 Å². The van der Waals surface area contributed by atoms with Gasteiger partial charge in [-0.25, -0.2) is 0 Å². The molecule has 0 saturated carbocycles. The molecule has 1 unspecified atom stereocenters. The van der Waals surface area contributed by atoms with Gasteiger partial charge >= 0.3 is 0 Å². The summed E-state index contributed by atoms with van der Waals surface area (Å²) >= 11 is 0. The number of hydrogen-bond donors (Lipinski definition) is 2. The van der Waals surface area contributed by atoms with Crippen LogP contribution in [0.1, 0.15) is 31.9 Å². The van der Waals surface area contributed by atoms with Crippen molar-refractivity contribution in [1.82, 2.24) is 15.5 Å². The zero-order valence-corrected chi connectivity index (χ0v) is 12.6. The molecule has 0 aliphatic carbocycles. The van der Waals surface area contributed by atoms with Gasteiger partial charge in [0, 0.05) is 19.6 Å². The Kier molecular flexibility index (Phi) is 5.92. The molecule has 0 radical (unpaired) electrons. The van der Waals surface area contributed by atoms with Crippen molar-refractivity contribution in [3.8, 4) is 0 Å². The summed E-state index contributed by atoms with van der Waals surface area (Å²) in [5, 5.41) is 6.68. The third kappa shape index (κ3) is 4.27. The number of nitrogens with one attached hydrogen (secondary N) is 2. The fourth-order valence-corrected chi connectivity index (χ4v) is 2.66. The van der Waals surface area contributed by atoms with Crippen LogP contribution in [0.5, 0.6) is 0 Å². The first-order valence-electron chi connectivity index (χ1n) is 7.54. The fraction of sp³-hybridized carbons (Fsp3) is 0.667. The molecule has 2 heterocycles. The Balaban J connectivity index is 1.74. The zero-order valence-electron chi connectivity index (χ0n) is 12.6. The molecule has 0 amide bonds. The van der Waals surface area contributed by atoms with Crippen LogP contribution < -0.4 is 10.6 Å². The van der Waals surface area contributed by atoms with E-state index in [9.17, 15) is 0 Å². The standard InChI is InChI=1S/C15H26N4O/c1-3-13(19-8-4-5-9-19)11-17-15(16-2)18-12-14-7-6-10-20-14/h6-7,10,13H,3-5,8-9,11-12H2,1-2H3,(H2,16,17,18). The minimum Gasteiger partial charge on any atom is -0.467 e. The van der Waals surface area contributed by atoms with Crippen molar-refractivity contribution in [2.75, 3.05) is 26.7 Å². The van der Waals surface area contributed by atoms with E-state index in [0.717, 1.165) is 18.3 Å². The Morgan fingerprint density at radius 3 is 2.80 bits per heavy atom. The Labute approximate surface area is 121 Å². The molecule has 1 aliphatic rings. The van der Waals surface area contributed by atoms with E-state index in [1.165, 1.54) is 32.4 Å². The molecule has 5 heteroatoms. The molecular formula is C15H26N4O. The van der Waals surface area contributed by atoms with Gasteiger partial charge in [-0.3, -0.25) is 9.89 Å². The summed E-state index contributed by atoms with van der Waals surface area (Å²) in [6, 6.07) is 4.45. The third-order valence-electron chi connectivity index (χ3n) is 3.87. The van der Waals surface area contributed by atoms with Gasteiger partial charge in [0.2, 0.25) is 0 Å². The van der Waals surface area contributed by atoms with Crippen molar-refractivity contribution in [3.63, 3.8) is 0 Å². The summed E-state index contributed by atoms with van der Waals surface area (Å²) in [6.07, 6.45) is 5.53. The first-order valence-corrected chi connectivity index (χ1v) is 7.54. The maximum Gasteiger partial charge on any atom is 0.191 e. The van der Waals surface area contributed by atoms with Crippen molar-refractivity contribution >= 4 is 5.96 Å². The molecule has 1 aromatic heterocycles. The summed E-state index contributed by atoms with van der Waals surface area (Å²) in [4.78, 5) is 6.83. The van der Waals surface area contributed by atoms with Crippen molar-refractivity contribution in [2.24, 2.45) is 4.99 Å². The maximum absolute atomic E-state index is 5.30. The highest BCUT2D eigenvalue weighted by Crippen LogP contribution is 2.13. The van der Waals surface area contributed by atoms with Crippen molar-refractivity contribution in [3.05, 3.63) is 24.2 Å². The highest BCUT2D eigenvalue weighted by atomic mass is 16.3. The van der Waals surface area contributed by atoms with Gasteiger partial charge in [0.25, 0.3) is 0 Å². The number of likely N-dealkylation sites (tertiary alicyclic amines) is 1. The van der Waals surface area contributed by atoms with Crippen LogP contribution in [-0.4, -0.2) is 43.6 Å². The topological polar surface area (TPSA) is 52.8 Å². The highest BCUT2D eigenvalue weighted by molar-refractivity contribution is 5.79. The number of aliphatic imine (C=N–C) groups is 1. The van der Waals surface area contributed by atoms with E-state index >= 15 is 0 Å². The molecule has 1 saturated heterocycles. The minimum atomic E-state index is 0.597. The van der Waals surface area contributed by atoms with Crippen LogP contribution in [0.4, 0.5) is 0 Å². The molecule has 2 N–H and O–H groups in total.